The van der Waals surface area contributed by atoms with Crippen molar-refractivity contribution in [1.29, 1.82) is 0 Å². The van der Waals surface area contributed by atoms with E-state index >= 15 is 0 Å². The number of rotatable bonds is 0. The van der Waals surface area contributed by atoms with E-state index in [1.165, 1.54) is 12.1 Å². The van der Waals surface area contributed by atoms with Gasteiger partial charge in [-0.1, -0.05) is 11.5 Å². The Morgan fingerprint density at radius 2 is 2.00 bits per heavy atom. The van der Waals surface area contributed by atoms with E-state index in [-0.39, 0.29) is 5.82 Å². The van der Waals surface area contributed by atoms with Crippen molar-refractivity contribution in [1.82, 2.24) is 0 Å². The number of benzene rings is 1. The highest BCUT2D eigenvalue weighted by atomic mass is 19.1. The summed E-state index contributed by atoms with van der Waals surface area (Å²) < 4.78 is 12.3. The molecule has 2 heteroatoms. The van der Waals surface area contributed by atoms with Crippen LogP contribution in [0.25, 0.3) is 0 Å². The lowest BCUT2D eigenvalue weighted by atomic mass is 9.95. The van der Waals surface area contributed by atoms with Crippen LogP contribution in [0.2, 0.25) is 0 Å². The molecule has 0 aliphatic heterocycles. The maximum absolute atomic E-state index is 12.3. The van der Waals surface area contributed by atoms with Crippen molar-refractivity contribution in [2.75, 3.05) is 0 Å². The van der Waals surface area contributed by atoms with Gasteiger partial charge in [-0.3, -0.25) is 0 Å². The van der Waals surface area contributed by atoms with Gasteiger partial charge in [-0.25, -0.2) is 4.39 Å². The molecular formula is C7H6BF. The van der Waals surface area contributed by atoms with Crippen molar-refractivity contribution in [3.05, 3.63) is 29.6 Å². The minimum absolute atomic E-state index is 0.271. The van der Waals surface area contributed by atoms with Gasteiger partial charge in [0, 0.05) is 0 Å². The average molecular weight is 120 g/mol. The molecule has 2 radical (unpaired) electrons. The van der Waals surface area contributed by atoms with Gasteiger partial charge in [0.2, 0.25) is 0 Å². The normalized spacial score (nSPS) is 9.56. The first-order valence-electron chi connectivity index (χ1n) is 2.71. The van der Waals surface area contributed by atoms with Crippen LogP contribution in [0.1, 0.15) is 5.56 Å². The molecule has 0 amide bonds. The summed E-state index contributed by atoms with van der Waals surface area (Å²) in [4.78, 5) is 0. The molecule has 0 saturated carbocycles. The molecular weight excluding hydrogens is 114 g/mol. The molecule has 0 bridgehead atoms. The predicted molar refractivity (Wildman–Crippen MR) is 36.5 cm³/mol. The molecule has 0 aliphatic carbocycles. The topological polar surface area (TPSA) is 0 Å². The maximum Gasteiger partial charge on any atom is 0.122 e. The zero-order valence-electron chi connectivity index (χ0n) is 5.19. The van der Waals surface area contributed by atoms with E-state index in [0.29, 0.717) is 5.46 Å². The Kier molecular flexibility index (Phi) is 1.56. The molecule has 9 heavy (non-hydrogen) atoms. The van der Waals surface area contributed by atoms with Gasteiger partial charge in [-0.15, -0.1) is 0 Å². The number of hydrogen-bond donors (Lipinski definition) is 0. The molecule has 0 aromatic heterocycles. The Bertz CT molecular complexity index is 170. The summed E-state index contributed by atoms with van der Waals surface area (Å²) in [5.41, 5.74) is 1.33. The fraction of sp³-hybridized carbons (Fsp3) is 0.143. The minimum Gasteiger partial charge on any atom is -0.207 e. The van der Waals surface area contributed by atoms with Crippen LogP contribution in [0.3, 0.4) is 0 Å². The molecule has 0 fully saturated rings. The molecule has 0 saturated heterocycles. The lowest BCUT2D eigenvalue weighted by molar-refractivity contribution is 0.628. The van der Waals surface area contributed by atoms with E-state index in [1.54, 1.807) is 13.0 Å². The summed E-state index contributed by atoms with van der Waals surface area (Å²) in [7, 11) is 5.32. The fourth-order valence-electron chi connectivity index (χ4n) is 0.765. The molecule has 1 rings (SSSR count). The summed E-state index contributed by atoms with van der Waals surface area (Å²) >= 11 is 0. The quantitative estimate of drug-likeness (QED) is 0.446. The molecule has 0 nitrogen and oxygen atoms in total. The third kappa shape index (κ3) is 1.56. The van der Waals surface area contributed by atoms with Gasteiger partial charge < -0.3 is 0 Å². The fourth-order valence-corrected chi connectivity index (χ4v) is 0.765. The highest BCUT2D eigenvalue weighted by molar-refractivity contribution is 6.32. The van der Waals surface area contributed by atoms with Crippen molar-refractivity contribution < 1.29 is 4.39 Å². The van der Waals surface area contributed by atoms with Crippen LogP contribution in [-0.2, 0) is 0 Å². The predicted octanol–water partition coefficient (Wildman–Crippen LogP) is 0.928. The second-order valence-corrected chi connectivity index (χ2v) is 2.06. The van der Waals surface area contributed by atoms with Crippen molar-refractivity contribution in [2.24, 2.45) is 0 Å². The minimum atomic E-state index is -0.271. The molecule has 0 atom stereocenters. The van der Waals surface area contributed by atoms with Crippen LogP contribution in [0.15, 0.2) is 18.2 Å². The lowest BCUT2D eigenvalue weighted by Crippen LogP contribution is -2.02. The molecule has 0 spiro atoms. The maximum atomic E-state index is 12.3. The molecule has 0 heterocycles. The van der Waals surface area contributed by atoms with Gasteiger partial charge in [0.05, 0.1) is 0 Å². The van der Waals surface area contributed by atoms with Gasteiger partial charge in [0.1, 0.15) is 13.7 Å². The molecule has 1 aromatic carbocycles. The summed E-state index contributed by atoms with van der Waals surface area (Å²) in [5.74, 6) is -0.271. The van der Waals surface area contributed by atoms with Crippen molar-refractivity contribution >= 4 is 13.3 Å². The highest BCUT2D eigenvalue weighted by Gasteiger charge is 1.90. The summed E-state index contributed by atoms with van der Waals surface area (Å²) in [6.45, 7) is 1.80. The molecule has 1 aromatic rings. The van der Waals surface area contributed by atoms with Crippen LogP contribution in [-0.4, -0.2) is 7.85 Å². The van der Waals surface area contributed by atoms with Crippen LogP contribution < -0.4 is 5.46 Å². The van der Waals surface area contributed by atoms with E-state index in [9.17, 15) is 4.39 Å². The van der Waals surface area contributed by atoms with Crippen LogP contribution in [0.4, 0.5) is 4.39 Å². The highest BCUT2D eigenvalue weighted by Crippen LogP contribution is 1.97. The van der Waals surface area contributed by atoms with E-state index in [1.807, 2.05) is 0 Å². The smallest absolute Gasteiger partial charge is 0.122 e. The third-order valence-electron chi connectivity index (χ3n) is 1.06. The second-order valence-electron chi connectivity index (χ2n) is 2.06. The second kappa shape index (κ2) is 2.22. The standard InChI is InChI=1S/C7H6BF/c1-5-2-6(8)4-7(9)3-5/h2-4H,1H3. The first-order chi connectivity index (χ1) is 4.18. The van der Waals surface area contributed by atoms with Crippen molar-refractivity contribution in [2.45, 2.75) is 6.92 Å². The van der Waals surface area contributed by atoms with Gasteiger partial charge in [0.25, 0.3) is 0 Å². The van der Waals surface area contributed by atoms with Crippen molar-refractivity contribution in [3.8, 4) is 0 Å². The first-order valence-corrected chi connectivity index (χ1v) is 2.71. The SMILES string of the molecule is [B]c1cc(C)cc(F)c1. The Balaban J connectivity index is 3.17. The van der Waals surface area contributed by atoms with Crippen LogP contribution in [0, 0.1) is 12.7 Å². The lowest BCUT2D eigenvalue weighted by Gasteiger charge is -1.94. The van der Waals surface area contributed by atoms with Crippen molar-refractivity contribution in [3.63, 3.8) is 0 Å². The van der Waals surface area contributed by atoms with Gasteiger partial charge >= 0.3 is 0 Å². The summed E-state index contributed by atoms with van der Waals surface area (Å²) in [6, 6.07) is 4.46. The van der Waals surface area contributed by atoms with Crippen LogP contribution in [0.5, 0.6) is 0 Å². The molecule has 0 unspecified atom stereocenters. The van der Waals surface area contributed by atoms with Gasteiger partial charge in [-0.05, 0) is 24.6 Å². The molecule has 44 valence electrons. The molecule has 0 N–H and O–H groups in total. The van der Waals surface area contributed by atoms with E-state index < -0.39 is 0 Å². The Morgan fingerprint density at radius 3 is 2.44 bits per heavy atom. The van der Waals surface area contributed by atoms with Gasteiger partial charge in [0.15, 0.2) is 0 Å². The van der Waals surface area contributed by atoms with E-state index in [0.717, 1.165) is 5.56 Å². The Morgan fingerprint density at radius 1 is 1.33 bits per heavy atom. The zero-order chi connectivity index (χ0) is 6.85. The van der Waals surface area contributed by atoms with E-state index in [4.69, 9.17) is 7.85 Å². The average Bonchev–Trinajstić information content (AvgIpc) is 1.59. The molecule has 0 aliphatic rings. The number of hydrogen-bond acceptors (Lipinski definition) is 0. The van der Waals surface area contributed by atoms with Gasteiger partial charge in [-0.2, -0.15) is 0 Å². The Hall–Kier alpha value is -0.785. The van der Waals surface area contributed by atoms with Crippen LogP contribution >= 0.6 is 0 Å². The monoisotopic (exact) mass is 120 g/mol. The summed E-state index contributed by atoms with van der Waals surface area (Å²) in [5, 5.41) is 0. The number of aryl methyl sites for hydroxylation is 1. The zero-order valence-corrected chi connectivity index (χ0v) is 5.19. The summed E-state index contributed by atoms with van der Waals surface area (Å²) in [6.07, 6.45) is 0. The Labute approximate surface area is 55.1 Å². The first kappa shape index (κ1) is 6.34. The largest absolute Gasteiger partial charge is 0.207 e. The third-order valence-corrected chi connectivity index (χ3v) is 1.06. The number of halogens is 1. The van der Waals surface area contributed by atoms with E-state index in [2.05, 4.69) is 0 Å².